The van der Waals surface area contributed by atoms with Crippen molar-refractivity contribution in [1.29, 1.82) is 0 Å². The Morgan fingerprint density at radius 1 is 1.12 bits per heavy atom. The van der Waals surface area contributed by atoms with Crippen LogP contribution in [0.15, 0.2) is 53.4 Å². The van der Waals surface area contributed by atoms with Crippen LogP contribution >= 0.6 is 0 Å². The Labute approximate surface area is 139 Å². The zero-order chi connectivity index (χ0) is 17.9. The van der Waals surface area contributed by atoms with E-state index in [0.717, 1.165) is 17.7 Å². The number of benzene rings is 2. The van der Waals surface area contributed by atoms with E-state index in [9.17, 15) is 17.6 Å². The Bertz CT molecular complexity index is 820. The number of aliphatic carboxylic acids is 1. The molecule has 4 N–H and O–H groups in total. The number of aryl methyl sites for hydroxylation is 1. The van der Waals surface area contributed by atoms with Crippen LogP contribution in [0.25, 0.3) is 0 Å². The third-order valence-corrected chi connectivity index (χ3v) is 4.94. The van der Waals surface area contributed by atoms with Gasteiger partial charge < -0.3 is 10.8 Å². The molecule has 8 heteroatoms. The van der Waals surface area contributed by atoms with E-state index in [2.05, 4.69) is 4.72 Å². The van der Waals surface area contributed by atoms with Crippen molar-refractivity contribution in [3.8, 4) is 0 Å². The fourth-order valence-electron chi connectivity index (χ4n) is 2.11. The van der Waals surface area contributed by atoms with Crippen molar-refractivity contribution in [2.75, 3.05) is 0 Å². The molecule has 0 aromatic heterocycles. The number of hydrogen-bond acceptors (Lipinski definition) is 4. The number of carboxylic acids is 1. The lowest BCUT2D eigenvalue weighted by molar-refractivity contribution is -0.139. The third kappa shape index (κ3) is 4.16. The first-order valence-corrected chi connectivity index (χ1v) is 8.52. The van der Waals surface area contributed by atoms with Gasteiger partial charge in [-0.15, -0.1) is 0 Å². The van der Waals surface area contributed by atoms with E-state index in [0.29, 0.717) is 0 Å². The minimum Gasteiger partial charge on any atom is -0.480 e. The summed E-state index contributed by atoms with van der Waals surface area (Å²) in [7, 11) is -4.00. The molecule has 2 aromatic carbocycles. The van der Waals surface area contributed by atoms with Gasteiger partial charge in [-0.1, -0.05) is 29.8 Å². The minimum atomic E-state index is -4.00. The van der Waals surface area contributed by atoms with Crippen LogP contribution < -0.4 is 10.5 Å². The number of hydrogen-bond donors (Lipinski definition) is 3. The van der Waals surface area contributed by atoms with Gasteiger partial charge in [-0.2, -0.15) is 0 Å². The van der Waals surface area contributed by atoms with Crippen LogP contribution in [0.1, 0.15) is 17.2 Å². The zero-order valence-corrected chi connectivity index (χ0v) is 13.6. The lowest BCUT2D eigenvalue weighted by Crippen LogP contribution is -2.45. The molecule has 0 unspecified atom stereocenters. The fraction of sp³-hybridized carbons (Fsp3) is 0.188. The van der Waals surface area contributed by atoms with Crippen LogP contribution in [0, 0.1) is 12.7 Å². The van der Waals surface area contributed by atoms with Gasteiger partial charge >= 0.3 is 5.97 Å². The molecule has 0 aliphatic heterocycles. The summed E-state index contributed by atoms with van der Waals surface area (Å²) in [5, 5.41) is 9.14. The molecule has 128 valence electrons. The predicted octanol–water partition coefficient (Wildman–Crippen LogP) is 1.57. The lowest BCUT2D eigenvalue weighted by atomic mass is 10.0. The Morgan fingerprint density at radius 2 is 1.67 bits per heavy atom. The topological polar surface area (TPSA) is 109 Å². The predicted molar refractivity (Wildman–Crippen MR) is 86.3 cm³/mol. The summed E-state index contributed by atoms with van der Waals surface area (Å²) in [6.07, 6.45) is 0. The molecular weight excluding hydrogens is 335 g/mol. The number of halogens is 1. The van der Waals surface area contributed by atoms with Gasteiger partial charge in [0.1, 0.15) is 11.9 Å². The number of carboxylic acid groups (broad SMARTS) is 1. The van der Waals surface area contributed by atoms with Crippen molar-refractivity contribution in [3.05, 3.63) is 65.5 Å². The number of nitrogens with one attached hydrogen (secondary N) is 1. The van der Waals surface area contributed by atoms with Gasteiger partial charge in [0.2, 0.25) is 10.0 Å². The highest BCUT2D eigenvalue weighted by Crippen LogP contribution is 2.21. The second kappa shape index (κ2) is 7.08. The van der Waals surface area contributed by atoms with Crippen LogP contribution in [0.2, 0.25) is 0 Å². The van der Waals surface area contributed by atoms with E-state index < -0.39 is 33.9 Å². The van der Waals surface area contributed by atoms with Crippen LogP contribution in [-0.2, 0) is 14.8 Å². The van der Waals surface area contributed by atoms with Crippen LogP contribution in [0.5, 0.6) is 0 Å². The molecular formula is C16H17FN2O4S. The number of rotatable bonds is 6. The average molecular weight is 352 g/mol. The standard InChI is InChI=1S/C16H17FN2O4S/c1-10-2-8-13(9-3-10)24(22,23)19-15(14(18)16(20)21)11-4-6-12(17)7-5-11/h2-9,14-15,19H,18H2,1H3,(H,20,21)/t14-,15-/m0/s1. The van der Waals surface area contributed by atoms with Gasteiger partial charge in [-0.25, -0.2) is 17.5 Å². The normalized spacial score (nSPS) is 14.1. The van der Waals surface area contributed by atoms with Crippen molar-refractivity contribution in [2.24, 2.45) is 5.73 Å². The molecule has 0 bridgehead atoms. The van der Waals surface area contributed by atoms with Gasteiger partial charge in [0.25, 0.3) is 0 Å². The highest BCUT2D eigenvalue weighted by Gasteiger charge is 2.30. The molecule has 0 fully saturated rings. The lowest BCUT2D eigenvalue weighted by Gasteiger charge is -2.22. The largest absolute Gasteiger partial charge is 0.480 e. The second-order valence-corrected chi connectivity index (χ2v) is 7.04. The maximum Gasteiger partial charge on any atom is 0.322 e. The summed E-state index contributed by atoms with van der Waals surface area (Å²) < 4.78 is 40.3. The van der Waals surface area contributed by atoms with E-state index in [4.69, 9.17) is 10.8 Å². The summed E-state index contributed by atoms with van der Waals surface area (Å²) in [6, 6.07) is 8.09. The molecule has 2 aromatic rings. The summed E-state index contributed by atoms with van der Waals surface area (Å²) >= 11 is 0. The first-order valence-electron chi connectivity index (χ1n) is 7.03. The number of sulfonamides is 1. The van der Waals surface area contributed by atoms with Crippen LogP contribution in [0.4, 0.5) is 4.39 Å². The number of nitrogens with two attached hydrogens (primary N) is 1. The van der Waals surface area contributed by atoms with Crippen molar-refractivity contribution < 1.29 is 22.7 Å². The van der Waals surface area contributed by atoms with Crippen molar-refractivity contribution in [2.45, 2.75) is 23.9 Å². The Kier molecular flexibility index (Phi) is 5.33. The molecule has 0 radical (unpaired) electrons. The van der Waals surface area contributed by atoms with Crippen LogP contribution in [-0.4, -0.2) is 25.5 Å². The van der Waals surface area contributed by atoms with Crippen molar-refractivity contribution in [1.82, 2.24) is 4.72 Å². The van der Waals surface area contributed by atoms with E-state index >= 15 is 0 Å². The maximum absolute atomic E-state index is 13.1. The van der Waals surface area contributed by atoms with Gasteiger partial charge in [0.05, 0.1) is 10.9 Å². The molecule has 0 saturated heterocycles. The summed E-state index contributed by atoms with van der Waals surface area (Å²) in [4.78, 5) is 11.2. The Morgan fingerprint density at radius 3 is 2.17 bits per heavy atom. The maximum atomic E-state index is 13.1. The first kappa shape index (κ1) is 18.1. The van der Waals surface area contributed by atoms with E-state index in [1.54, 1.807) is 12.1 Å². The molecule has 6 nitrogen and oxygen atoms in total. The first-order chi connectivity index (χ1) is 11.2. The van der Waals surface area contributed by atoms with E-state index in [1.807, 2.05) is 6.92 Å². The van der Waals surface area contributed by atoms with Gasteiger partial charge in [-0.05, 0) is 36.8 Å². The molecule has 0 aliphatic carbocycles. The summed E-state index contributed by atoms with van der Waals surface area (Å²) in [6.45, 7) is 1.81. The van der Waals surface area contributed by atoms with Gasteiger partial charge in [0, 0.05) is 0 Å². The monoisotopic (exact) mass is 352 g/mol. The van der Waals surface area contributed by atoms with Crippen molar-refractivity contribution in [3.63, 3.8) is 0 Å². The second-order valence-electron chi connectivity index (χ2n) is 5.33. The minimum absolute atomic E-state index is 0.0159. The molecule has 0 spiro atoms. The zero-order valence-electron chi connectivity index (χ0n) is 12.8. The molecule has 2 rings (SSSR count). The number of carbonyl (C=O) groups is 1. The van der Waals surface area contributed by atoms with E-state index in [1.165, 1.54) is 24.3 Å². The molecule has 0 saturated carbocycles. The quantitative estimate of drug-likeness (QED) is 0.731. The highest BCUT2D eigenvalue weighted by molar-refractivity contribution is 7.89. The Balaban J connectivity index is 2.39. The average Bonchev–Trinajstić information content (AvgIpc) is 2.53. The molecule has 24 heavy (non-hydrogen) atoms. The Hall–Kier alpha value is -2.29. The van der Waals surface area contributed by atoms with Crippen LogP contribution in [0.3, 0.4) is 0 Å². The van der Waals surface area contributed by atoms with E-state index in [-0.39, 0.29) is 10.5 Å². The van der Waals surface area contributed by atoms with Crippen molar-refractivity contribution >= 4 is 16.0 Å². The smallest absolute Gasteiger partial charge is 0.322 e. The summed E-state index contributed by atoms with van der Waals surface area (Å²) in [5.74, 6) is -1.90. The van der Waals surface area contributed by atoms with Gasteiger partial charge in [-0.3, -0.25) is 4.79 Å². The third-order valence-electron chi connectivity index (χ3n) is 3.49. The SMILES string of the molecule is Cc1ccc(S(=O)(=O)N[C@@H](c2ccc(F)cc2)[C@H](N)C(=O)O)cc1. The molecule has 0 amide bonds. The molecule has 2 atom stereocenters. The summed E-state index contributed by atoms with van der Waals surface area (Å²) in [5.41, 5.74) is 6.75. The highest BCUT2D eigenvalue weighted by atomic mass is 32.2. The molecule has 0 heterocycles. The fourth-order valence-corrected chi connectivity index (χ4v) is 3.36. The molecule has 0 aliphatic rings. The van der Waals surface area contributed by atoms with Gasteiger partial charge in [0.15, 0.2) is 0 Å².